The van der Waals surface area contributed by atoms with E-state index < -0.39 is 106 Å². The van der Waals surface area contributed by atoms with Gasteiger partial charge in [0, 0.05) is 35.4 Å². The molecule has 0 aromatic rings. The average molecular weight is 1040 g/mol. The smallest absolute Gasteiger partial charge is 0.339 e. The summed E-state index contributed by atoms with van der Waals surface area (Å²) in [5, 5.41) is 60.8. The van der Waals surface area contributed by atoms with E-state index in [1.54, 1.807) is 20.8 Å². The summed E-state index contributed by atoms with van der Waals surface area (Å²) in [6, 6.07) is 0. The van der Waals surface area contributed by atoms with Gasteiger partial charge in [-0.05, 0) is 85.0 Å². The van der Waals surface area contributed by atoms with Gasteiger partial charge in [-0.25, -0.2) is 14.4 Å². The van der Waals surface area contributed by atoms with Crippen LogP contribution in [0, 0.1) is 35.5 Å². The number of allylic oxidation sites excluding steroid dienone is 1. The van der Waals surface area contributed by atoms with Crippen LogP contribution < -0.4 is 16.0 Å². The van der Waals surface area contributed by atoms with E-state index in [-0.39, 0.29) is 69.9 Å². The van der Waals surface area contributed by atoms with Crippen LogP contribution in [0.1, 0.15) is 120 Å². The summed E-state index contributed by atoms with van der Waals surface area (Å²) in [5.74, 6) is -4.52. The summed E-state index contributed by atoms with van der Waals surface area (Å²) < 4.78 is 21.6. The molecule has 10 aliphatic rings. The quantitative estimate of drug-likeness (QED) is 0.0459. The zero-order valence-corrected chi connectivity index (χ0v) is 39.5. The second-order valence-corrected chi connectivity index (χ2v) is 21.4. The lowest BCUT2D eigenvalue weighted by Gasteiger charge is -2.55. The number of halogens is 3. The highest BCUT2D eigenvalue weighted by atomic mass is 35.5. The number of aliphatic hydroxyl groups is 5. The molecule has 0 aromatic heterocycles. The molecule has 10 rings (SSSR count). The second-order valence-electron chi connectivity index (χ2n) is 20.2. The normalized spacial score (nSPS) is 44.9. The zero-order valence-electron chi connectivity index (χ0n) is 37.2. The number of esters is 3. The Morgan fingerprint density at radius 3 is 1.41 bits per heavy atom. The van der Waals surface area contributed by atoms with Gasteiger partial charge in [0.05, 0.1) is 60.5 Å². The number of nitrogens with one attached hydrogen (secondary N) is 3. The van der Waals surface area contributed by atoms with Crippen LogP contribution in [-0.4, -0.2) is 155 Å². The molecular formula is C48H74Cl3N3O15. The van der Waals surface area contributed by atoms with Crippen molar-refractivity contribution in [1.29, 1.82) is 0 Å². The first kappa shape index (κ1) is 57.1. The van der Waals surface area contributed by atoms with Crippen molar-refractivity contribution < 1.29 is 73.2 Å². The third-order valence-corrected chi connectivity index (χ3v) is 17.8. The minimum absolute atomic E-state index is 0. The van der Waals surface area contributed by atoms with Crippen LogP contribution in [0.5, 0.6) is 0 Å². The van der Waals surface area contributed by atoms with E-state index in [0.29, 0.717) is 50.3 Å². The van der Waals surface area contributed by atoms with E-state index >= 15 is 0 Å². The summed E-state index contributed by atoms with van der Waals surface area (Å²) in [6.45, 7) is 5.05. The number of alkyl halides is 3. The molecule has 0 radical (unpaired) electrons. The highest BCUT2D eigenvalue weighted by Crippen LogP contribution is 2.57. The van der Waals surface area contributed by atoms with Crippen LogP contribution in [0.2, 0.25) is 0 Å². The number of ether oxygens (including phenoxy) is 4. The molecule has 7 aliphatic heterocycles. The maximum absolute atomic E-state index is 12.3. The molecule has 19 atom stereocenters. The van der Waals surface area contributed by atoms with Gasteiger partial charge in [0.15, 0.2) is 16.8 Å². The molecule has 7 heterocycles. The molecule has 0 bridgehead atoms. The lowest BCUT2D eigenvalue weighted by atomic mass is 9.63. The van der Waals surface area contributed by atoms with Crippen molar-refractivity contribution >= 4 is 70.4 Å². The van der Waals surface area contributed by atoms with Gasteiger partial charge in [0.2, 0.25) is 34.3 Å². The van der Waals surface area contributed by atoms with Gasteiger partial charge >= 0.3 is 17.9 Å². The van der Waals surface area contributed by atoms with Crippen molar-refractivity contribution in [3.05, 3.63) is 12.2 Å². The highest BCUT2D eigenvalue weighted by Gasteiger charge is 2.82. The van der Waals surface area contributed by atoms with E-state index in [2.05, 4.69) is 16.0 Å². The molecule has 21 heteroatoms. The van der Waals surface area contributed by atoms with Gasteiger partial charge < -0.3 is 60.4 Å². The largest absolute Gasteiger partial charge is 0.453 e. The van der Waals surface area contributed by atoms with Gasteiger partial charge in [0.1, 0.15) is 0 Å². The van der Waals surface area contributed by atoms with Crippen LogP contribution in [0.15, 0.2) is 12.2 Å². The molecule has 8 N–H and O–H groups in total. The van der Waals surface area contributed by atoms with Gasteiger partial charge in [-0.2, -0.15) is 0 Å². The van der Waals surface area contributed by atoms with Crippen molar-refractivity contribution in [1.82, 2.24) is 16.0 Å². The topological polar surface area (TPSA) is 280 Å². The number of hydrogen-bond acceptors (Lipinski definition) is 15. The van der Waals surface area contributed by atoms with Gasteiger partial charge in [-0.15, -0.1) is 34.8 Å². The Kier molecular flexibility index (Phi) is 17.0. The Morgan fingerprint density at radius 2 is 1.00 bits per heavy atom. The Morgan fingerprint density at radius 1 is 0.594 bits per heavy atom. The number of carbonyl (C=O) groups is 6. The molecule has 3 aliphatic carbocycles. The van der Waals surface area contributed by atoms with Crippen molar-refractivity contribution in [3.63, 3.8) is 0 Å². The van der Waals surface area contributed by atoms with Crippen LogP contribution in [0.25, 0.3) is 0 Å². The van der Waals surface area contributed by atoms with E-state index in [0.717, 1.165) is 38.5 Å². The number of epoxide rings is 1. The third kappa shape index (κ3) is 8.11. The lowest BCUT2D eigenvalue weighted by Crippen LogP contribution is -2.80. The molecule has 69 heavy (non-hydrogen) atoms. The predicted molar refractivity (Wildman–Crippen MR) is 253 cm³/mol. The maximum atomic E-state index is 12.3. The monoisotopic (exact) mass is 1040 g/mol. The lowest BCUT2D eigenvalue weighted by molar-refractivity contribution is -0.245. The highest BCUT2D eigenvalue weighted by molar-refractivity contribution is 6.18. The summed E-state index contributed by atoms with van der Waals surface area (Å²) >= 11 is 17.3. The van der Waals surface area contributed by atoms with Gasteiger partial charge in [-0.3, -0.25) is 14.4 Å². The molecule has 18 nitrogen and oxygen atoms in total. The maximum Gasteiger partial charge on any atom is 0.339 e. The number of aliphatic hydroxyl groups excluding tert-OH is 5. The number of amides is 3. The van der Waals surface area contributed by atoms with Crippen LogP contribution in [0.3, 0.4) is 0 Å². The second kappa shape index (κ2) is 20.6. The predicted octanol–water partition coefficient (Wildman–Crippen LogP) is 2.68. The Bertz CT molecular complexity index is 2020. The first-order chi connectivity index (χ1) is 31.2. The number of rotatable bonds is 12. The molecule has 0 aromatic carbocycles. The number of fused-ring (bicyclic) bond motifs is 4. The molecule has 3 amide bonds. The molecule has 2 saturated carbocycles. The van der Waals surface area contributed by atoms with Crippen LogP contribution in [0.4, 0.5) is 0 Å². The van der Waals surface area contributed by atoms with E-state index in [4.69, 9.17) is 53.8 Å². The van der Waals surface area contributed by atoms with Crippen molar-refractivity contribution in [2.24, 2.45) is 35.5 Å². The molecule has 0 spiro atoms. The molecule has 9 fully saturated rings. The summed E-state index contributed by atoms with van der Waals surface area (Å²) in [4.78, 5) is 73.5. The Hall–Kier alpha value is -2.81. The summed E-state index contributed by atoms with van der Waals surface area (Å²) in [5.41, 5.74) is -7.49. The van der Waals surface area contributed by atoms with Crippen molar-refractivity contribution in [2.75, 3.05) is 17.6 Å². The molecule has 392 valence electrons. The summed E-state index contributed by atoms with van der Waals surface area (Å²) in [7, 11) is 0. The van der Waals surface area contributed by atoms with Crippen LogP contribution >= 0.6 is 34.8 Å². The summed E-state index contributed by atoms with van der Waals surface area (Å²) in [6.07, 6.45) is 6.99. The van der Waals surface area contributed by atoms with E-state index in [1.165, 1.54) is 0 Å². The average Bonchev–Trinajstić information content (AvgIpc) is 4.00. The van der Waals surface area contributed by atoms with Crippen LogP contribution in [-0.2, 0) is 47.7 Å². The Labute approximate surface area is 419 Å². The molecular weight excluding hydrogens is 965 g/mol. The van der Waals surface area contributed by atoms with Crippen molar-refractivity contribution in [2.45, 2.75) is 196 Å². The standard InChI is InChI=1S/C15H22ClNO6.C15H20ClNO5.C15H20ClNO4.3CH4/c1-14-8(5-6-16)12(21)17-15(14,13(22)23-14)11(20)7-3-2-4-9(18)10(7)19;1-14-8(5-6-16)12(19)17-15(14,13(20)22-14)11(18)7-3-2-4-9-10(7)21-9;1-14-10(7-8-16)12(19)17-15(14,13(20)21-14)11(18)9-5-3-2-4-6-9;;;/h7-11,18-20H,2-6H2,1H3,(H,17,21);7-11,18H,2-6H2,1H3,(H,17,19);3,5,9-11,18H,2,4,6-8H2,1H3,(H,17,19);3*1H4/t2*7-,8-,9?,10?,11-,14-,15-;9-,10+,11+,14+,15+;;;/m001.../s1. The Balaban J connectivity index is 0.000000189. The third-order valence-electron chi connectivity index (χ3n) is 17.1. The number of hydrogen-bond donors (Lipinski definition) is 8. The minimum atomic E-state index is -1.58. The SMILES string of the molecule is C.C.C.C[C@@]12OC(=O)[C@]1([C@@H](O)[C@@H]1C=CCCC1)NC(=O)[C@@H]2CCCl.C[C@@]12OC(=O)[C@]1([C@@H](O)[C@H]1CCCC(O)C1O)NC(=O)[C@@H]2CCCl.C[C@@]12OC(=O)[C@]1([C@@H](O)[C@H]1CCCC3OC31)NC(=O)[C@@H]2CCCl. The fourth-order valence-electron chi connectivity index (χ4n) is 13.1. The molecule has 7 saturated heterocycles. The molecule has 4 unspecified atom stereocenters. The zero-order chi connectivity index (χ0) is 47.9. The van der Waals surface area contributed by atoms with E-state index in [9.17, 15) is 54.3 Å². The first-order valence-electron chi connectivity index (χ1n) is 23.3. The van der Waals surface area contributed by atoms with Gasteiger partial charge in [0.25, 0.3) is 0 Å². The number of carbonyl (C=O) groups excluding carboxylic acids is 6. The van der Waals surface area contributed by atoms with E-state index in [1.807, 2.05) is 12.2 Å². The fraction of sp³-hybridized carbons (Fsp3) is 0.833. The fourth-order valence-corrected chi connectivity index (χ4v) is 13.8. The minimum Gasteiger partial charge on any atom is -0.453 e. The van der Waals surface area contributed by atoms with Crippen molar-refractivity contribution in [3.8, 4) is 0 Å². The van der Waals surface area contributed by atoms with Gasteiger partial charge in [-0.1, -0.05) is 47.3 Å². The first-order valence-corrected chi connectivity index (χ1v) is 24.9.